The van der Waals surface area contributed by atoms with Gasteiger partial charge in [-0.15, -0.1) is 0 Å². The van der Waals surface area contributed by atoms with Crippen molar-refractivity contribution in [2.45, 2.75) is 50.6 Å². The number of hydrogen-bond donors (Lipinski definition) is 1. The van der Waals surface area contributed by atoms with E-state index in [2.05, 4.69) is 10.3 Å². The van der Waals surface area contributed by atoms with E-state index in [0.717, 1.165) is 31.9 Å². The average Bonchev–Trinajstić information content (AvgIpc) is 2.47. The van der Waals surface area contributed by atoms with Crippen LogP contribution in [0.5, 0.6) is 0 Å². The Labute approximate surface area is 118 Å². The highest BCUT2D eigenvalue weighted by molar-refractivity contribution is 5.82. The number of nitrogens with one attached hydrogen (secondary N) is 1. The summed E-state index contributed by atoms with van der Waals surface area (Å²) in [6.45, 7) is 1.73. The molecule has 110 valence electrons. The lowest BCUT2D eigenvalue weighted by atomic mass is 9.88. The quantitative estimate of drug-likeness (QED) is 0.861. The van der Waals surface area contributed by atoms with Crippen LogP contribution in [-0.2, 0) is 15.1 Å². The van der Waals surface area contributed by atoms with E-state index >= 15 is 0 Å². The molecule has 0 aliphatic heterocycles. The number of carbonyl (C=O) groups excluding carboxylic acids is 1. The van der Waals surface area contributed by atoms with Gasteiger partial charge in [0.1, 0.15) is 11.4 Å². The number of esters is 1. The number of halogens is 1. The van der Waals surface area contributed by atoms with E-state index in [4.69, 9.17) is 4.74 Å². The Balaban J connectivity index is 2.27. The van der Waals surface area contributed by atoms with Gasteiger partial charge in [-0.1, -0.05) is 19.3 Å². The zero-order valence-electron chi connectivity index (χ0n) is 12.0. The molecule has 2 rings (SSSR count). The first-order chi connectivity index (χ1) is 9.56. The molecular formula is C15H21FN2O2. The molecule has 1 aromatic heterocycles. The molecule has 0 spiro atoms. The molecule has 0 saturated heterocycles. The summed E-state index contributed by atoms with van der Waals surface area (Å²) in [5, 5.41) is 3.35. The fourth-order valence-corrected chi connectivity index (χ4v) is 2.80. The molecule has 0 radical (unpaired) electrons. The third-order valence-electron chi connectivity index (χ3n) is 3.97. The summed E-state index contributed by atoms with van der Waals surface area (Å²) < 4.78 is 18.3. The zero-order valence-corrected chi connectivity index (χ0v) is 12.0. The molecule has 1 aromatic rings. The van der Waals surface area contributed by atoms with Crippen LogP contribution >= 0.6 is 0 Å². The summed E-state index contributed by atoms with van der Waals surface area (Å²) in [5.41, 5.74) is -0.568. The fourth-order valence-electron chi connectivity index (χ4n) is 2.80. The molecule has 1 aliphatic rings. The first kappa shape index (κ1) is 14.9. The molecule has 1 saturated carbocycles. The highest BCUT2D eigenvalue weighted by Crippen LogP contribution is 2.27. The Hall–Kier alpha value is -1.49. The topological polar surface area (TPSA) is 51.2 Å². The van der Waals surface area contributed by atoms with Gasteiger partial charge < -0.3 is 4.74 Å². The van der Waals surface area contributed by atoms with Crippen molar-refractivity contribution >= 4 is 5.97 Å². The minimum atomic E-state index is -1.06. The molecule has 20 heavy (non-hydrogen) atoms. The van der Waals surface area contributed by atoms with E-state index in [1.54, 1.807) is 6.92 Å². The Morgan fingerprint density at radius 2 is 2.10 bits per heavy atom. The monoisotopic (exact) mass is 280 g/mol. The minimum absolute atomic E-state index is 0.246. The summed E-state index contributed by atoms with van der Waals surface area (Å²) in [6, 6.07) is 1.58. The molecule has 1 heterocycles. The lowest BCUT2D eigenvalue weighted by Crippen LogP contribution is -2.52. The average molecular weight is 280 g/mol. The van der Waals surface area contributed by atoms with Gasteiger partial charge in [0.2, 0.25) is 0 Å². The first-order valence-electron chi connectivity index (χ1n) is 7.03. The maximum atomic E-state index is 13.4. The van der Waals surface area contributed by atoms with Crippen LogP contribution in [0.2, 0.25) is 0 Å². The summed E-state index contributed by atoms with van der Waals surface area (Å²) in [5.74, 6) is -0.876. The number of ether oxygens (including phenoxy) is 1. The largest absolute Gasteiger partial charge is 0.467 e. The fraction of sp³-hybridized carbons (Fsp3) is 0.600. The standard InChI is InChI=1S/C15H21FN2O2/c1-15(14(19)20-2,11-8-12(16)10-17-9-11)18-13-6-4-3-5-7-13/h8-10,13,18H,3-7H2,1-2H3. The predicted molar refractivity (Wildman–Crippen MR) is 73.6 cm³/mol. The third-order valence-corrected chi connectivity index (χ3v) is 3.97. The van der Waals surface area contributed by atoms with Crippen molar-refractivity contribution < 1.29 is 13.9 Å². The Bertz CT molecular complexity index is 475. The van der Waals surface area contributed by atoms with Gasteiger partial charge in [-0.2, -0.15) is 0 Å². The molecule has 0 aromatic carbocycles. The van der Waals surface area contributed by atoms with Gasteiger partial charge in [-0.3, -0.25) is 10.3 Å². The van der Waals surface area contributed by atoms with Gasteiger partial charge >= 0.3 is 5.97 Å². The second-order valence-corrected chi connectivity index (χ2v) is 5.49. The van der Waals surface area contributed by atoms with Crippen LogP contribution in [0.15, 0.2) is 18.5 Å². The lowest BCUT2D eigenvalue weighted by Gasteiger charge is -2.34. The predicted octanol–water partition coefficient (Wildman–Crippen LogP) is 2.53. The van der Waals surface area contributed by atoms with Crippen molar-refractivity contribution in [2.75, 3.05) is 7.11 Å². The van der Waals surface area contributed by atoms with Crippen molar-refractivity contribution in [2.24, 2.45) is 0 Å². The molecule has 1 fully saturated rings. The smallest absolute Gasteiger partial charge is 0.330 e. The molecule has 1 atom stereocenters. The summed E-state index contributed by atoms with van der Waals surface area (Å²) in [6.07, 6.45) is 8.21. The maximum absolute atomic E-state index is 13.4. The molecule has 0 amide bonds. The van der Waals surface area contributed by atoms with Crippen LogP contribution in [0.1, 0.15) is 44.6 Å². The number of carbonyl (C=O) groups is 1. The van der Waals surface area contributed by atoms with Crippen LogP contribution in [0.4, 0.5) is 4.39 Å². The molecule has 1 N–H and O–H groups in total. The second-order valence-electron chi connectivity index (χ2n) is 5.49. The van der Waals surface area contributed by atoms with Crippen molar-refractivity contribution in [1.82, 2.24) is 10.3 Å². The van der Waals surface area contributed by atoms with Gasteiger partial charge in [-0.25, -0.2) is 9.18 Å². The van der Waals surface area contributed by atoms with Crippen molar-refractivity contribution in [3.63, 3.8) is 0 Å². The van der Waals surface area contributed by atoms with Gasteiger partial charge in [0.25, 0.3) is 0 Å². The minimum Gasteiger partial charge on any atom is -0.467 e. The van der Waals surface area contributed by atoms with Gasteiger partial charge in [0.05, 0.1) is 13.3 Å². The Kier molecular flexibility index (Phi) is 4.70. The third kappa shape index (κ3) is 3.15. The van der Waals surface area contributed by atoms with Gasteiger partial charge in [-0.05, 0) is 25.8 Å². The van der Waals surface area contributed by atoms with Crippen LogP contribution in [0, 0.1) is 5.82 Å². The summed E-state index contributed by atoms with van der Waals surface area (Å²) in [4.78, 5) is 16.0. The van der Waals surface area contributed by atoms with Crippen molar-refractivity contribution in [3.8, 4) is 0 Å². The molecule has 5 heteroatoms. The number of methoxy groups -OCH3 is 1. The lowest BCUT2D eigenvalue weighted by molar-refractivity contribution is -0.149. The number of aromatic nitrogens is 1. The van der Waals surface area contributed by atoms with E-state index in [1.807, 2.05) is 0 Å². The Morgan fingerprint density at radius 3 is 2.70 bits per heavy atom. The van der Waals surface area contributed by atoms with Crippen LogP contribution in [0.25, 0.3) is 0 Å². The van der Waals surface area contributed by atoms with E-state index in [1.165, 1.54) is 25.8 Å². The zero-order chi connectivity index (χ0) is 14.6. The highest BCUT2D eigenvalue weighted by atomic mass is 19.1. The number of hydrogen-bond acceptors (Lipinski definition) is 4. The molecular weight excluding hydrogens is 259 g/mol. The van der Waals surface area contributed by atoms with E-state index in [9.17, 15) is 9.18 Å². The van der Waals surface area contributed by atoms with Gasteiger partial charge in [0.15, 0.2) is 0 Å². The van der Waals surface area contributed by atoms with Gasteiger partial charge in [0, 0.05) is 17.8 Å². The van der Waals surface area contributed by atoms with Crippen LogP contribution in [0.3, 0.4) is 0 Å². The molecule has 0 bridgehead atoms. The van der Waals surface area contributed by atoms with Crippen molar-refractivity contribution in [3.05, 3.63) is 29.8 Å². The first-order valence-corrected chi connectivity index (χ1v) is 7.03. The number of rotatable bonds is 4. The normalized spacial score (nSPS) is 19.4. The summed E-state index contributed by atoms with van der Waals surface area (Å²) >= 11 is 0. The van der Waals surface area contributed by atoms with E-state index in [-0.39, 0.29) is 6.04 Å². The number of nitrogens with zero attached hydrogens (tertiary/aromatic N) is 1. The maximum Gasteiger partial charge on any atom is 0.330 e. The molecule has 4 nitrogen and oxygen atoms in total. The Morgan fingerprint density at radius 1 is 1.40 bits per heavy atom. The molecule has 1 aliphatic carbocycles. The molecule has 1 unspecified atom stereocenters. The second kappa shape index (κ2) is 6.31. The van der Waals surface area contributed by atoms with Crippen LogP contribution in [-0.4, -0.2) is 24.1 Å². The summed E-state index contributed by atoms with van der Waals surface area (Å²) in [7, 11) is 1.34. The van der Waals surface area contributed by atoms with E-state index in [0.29, 0.717) is 5.56 Å². The van der Waals surface area contributed by atoms with Crippen LogP contribution < -0.4 is 5.32 Å². The van der Waals surface area contributed by atoms with Crippen molar-refractivity contribution in [1.29, 1.82) is 0 Å². The van der Waals surface area contributed by atoms with E-state index < -0.39 is 17.3 Å². The SMILES string of the molecule is COC(=O)C(C)(NC1CCCCC1)c1cncc(F)c1. The highest BCUT2D eigenvalue weighted by Gasteiger charge is 2.39. The number of pyridine rings is 1.